The number of nitrogens with one attached hydrogen (secondary N) is 2. The van der Waals surface area contributed by atoms with Gasteiger partial charge in [-0.05, 0) is 106 Å². The number of benzene rings is 1. The van der Waals surface area contributed by atoms with E-state index < -0.39 is 17.5 Å². The van der Waals surface area contributed by atoms with E-state index in [4.69, 9.17) is 10.5 Å². The molecule has 7 heteroatoms. The SMILES string of the molecule is C[C@]1(C(=O)O)CCC[C@]2(C)c3cc(OC(=O)NCCCNCCCCCCCN)ccc3CC[C@@H]12. The van der Waals surface area contributed by atoms with E-state index in [1.807, 2.05) is 25.1 Å². The van der Waals surface area contributed by atoms with E-state index in [0.717, 1.165) is 70.1 Å². The fraction of sp³-hybridized carbons (Fsp3) is 0.714. The topological polar surface area (TPSA) is 114 Å². The Kier molecular flexibility index (Phi) is 9.99. The fourth-order valence-electron chi connectivity index (χ4n) is 6.36. The molecular weight excluding hydrogens is 442 g/mol. The van der Waals surface area contributed by atoms with E-state index in [1.165, 1.54) is 31.2 Å². The Hall–Kier alpha value is -2.12. The average molecular weight is 488 g/mol. The lowest BCUT2D eigenvalue weighted by Crippen LogP contribution is -2.52. The zero-order valence-corrected chi connectivity index (χ0v) is 21.7. The Morgan fingerprint density at radius 2 is 1.80 bits per heavy atom. The molecule has 0 bridgehead atoms. The lowest BCUT2D eigenvalue weighted by Gasteiger charge is -2.53. The summed E-state index contributed by atoms with van der Waals surface area (Å²) in [4.78, 5) is 24.5. The first-order valence-corrected chi connectivity index (χ1v) is 13.5. The number of rotatable bonds is 13. The highest BCUT2D eigenvalue weighted by Crippen LogP contribution is 2.57. The minimum Gasteiger partial charge on any atom is -0.481 e. The minimum atomic E-state index is -0.711. The molecule has 1 fully saturated rings. The van der Waals surface area contributed by atoms with Crippen LogP contribution in [0.1, 0.15) is 89.2 Å². The van der Waals surface area contributed by atoms with Crippen molar-refractivity contribution in [3.05, 3.63) is 29.3 Å². The van der Waals surface area contributed by atoms with Crippen molar-refractivity contribution in [1.29, 1.82) is 0 Å². The zero-order valence-electron chi connectivity index (χ0n) is 21.7. The maximum absolute atomic E-state index is 12.4. The van der Waals surface area contributed by atoms with Crippen LogP contribution in [-0.2, 0) is 16.6 Å². The second kappa shape index (κ2) is 12.7. The van der Waals surface area contributed by atoms with E-state index in [1.54, 1.807) is 0 Å². The van der Waals surface area contributed by atoms with Gasteiger partial charge in [-0.1, -0.05) is 38.7 Å². The van der Waals surface area contributed by atoms with Crippen molar-refractivity contribution < 1.29 is 19.4 Å². The summed E-state index contributed by atoms with van der Waals surface area (Å²) in [5.41, 5.74) is 6.98. The summed E-state index contributed by atoms with van der Waals surface area (Å²) in [6, 6.07) is 5.88. The van der Waals surface area contributed by atoms with Gasteiger partial charge in [0.05, 0.1) is 5.41 Å². The van der Waals surface area contributed by atoms with Gasteiger partial charge in [-0.2, -0.15) is 0 Å². The number of ether oxygens (including phenoxy) is 1. The quantitative estimate of drug-likeness (QED) is 0.298. The number of aliphatic carboxylic acids is 1. The van der Waals surface area contributed by atoms with Crippen LogP contribution in [-0.4, -0.2) is 43.3 Å². The average Bonchev–Trinajstić information content (AvgIpc) is 2.82. The third kappa shape index (κ3) is 6.76. The molecule has 2 aliphatic rings. The number of hydrogen-bond donors (Lipinski definition) is 4. The van der Waals surface area contributed by atoms with Crippen molar-refractivity contribution in [2.75, 3.05) is 26.2 Å². The van der Waals surface area contributed by atoms with Gasteiger partial charge in [0.1, 0.15) is 5.75 Å². The summed E-state index contributed by atoms with van der Waals surface area (Å²) in [6.45, 7) is 7.32. The highest BCUT2D eigenvalue weighted by Gasteiger charge is 2.55. The summed E-state index contributed by atoms with van der Waals surface area (Å²) >= 11 is 0. The predicted octanol–water partition coefficient (Wildman–Crippen LogP) is 4.76. The molecule has 1 aromatic carbocycles. The molecule has 0 saturated heterocycles. The van der Waals surface area contributed by atoms with Crippen molar-refractivity contribution in [2.45, 2.75) is 89.9 Å². The molecule has 1 saturated carbocycles. The molecule has 35 heavy (non-hydrogen) atoms. The molecule has 7 nitrogen and oxygen atoms in total. The number of carbonyl (C=O) groups excluding carboxylic acids is 1. The van der Waals surface area contributed by atoms with Crippen molar-refractivity contribution in [1.82, 2.24) is 10.6 Å². The molecule has 3 atom stereocenters. The molecule has 0 aromatic heterocycles. The van der Waals surface area contributed by atoms with Crippen LogP contribution in [0.5, 0.6) is 5.75 Å². The van der Waals surface area contributed by atoms with Crippen molar-refractivity contribution in [2.24, 2.45) is 17.1 Å². The Labute approximate surface area is 210 Å². The van der Waals surface area contributed by atoms with Gasteiger partial charge >= 0.3 is 12.1 Å². The van der Waals surface area contributed by atoms with Crippen LogP contribution >= 0.6 is 0 Å². The number of hydrogen-bond acceptors (Lipinski definition) is 5. The smallest absolute Gasteiger partial charge is 0.412 e. The second-order valence-electron chi connectivity index (χ2n) is 10.9. The van der Waals surface area contributed by atoms with E-state index in [-0.39, 0.29) is 11.3 Å². The van der Waals surface area contributed by atoms with Gasteiger partial charge in [0.15, 0.2) is 0 Å². The fourth-order valence-corrected chi connectivity index (χ4v) is 6.36. The first kappa shape index (κ1) is 27.5. The summed E-state index contributed by atoms with van der Waals surface area (Å²) < 4.78 is 5.60. The number of fused-ring (bicyclic) bond motifs is 3. The van der Waals surface area contributed by atoms with E-state index in [2.05, 4.69) is 17.6 Å². The Morgan fingerprint density at radius 3 is 2.57 bits per heavy atom. The molecule has 0 aliphatic heterocycles. The predicted molar refractivity (Wildman–Crippen MR) is 139 cm³/mol. The Bertz CT molecular complexity index is 861. The number of carboxylic acids is 1. The van der Waals surface area contributed by atoms with E-state index in [0.29, 0.717) is 12.3 Å². The van der Waals surface area contributed by atoms with Crippen LogP contribution < -0.4 is 21.1 Å². The molecule has 1 aromatic rings. The summed E-state index contributed by atoms with van der Waals surface area (Å²) in [5, 5.41) is 16.2. The van der Waals surface area contributed by atoms with Gasteiger partial charge in [-0.3, -0.25) is 4.79 Å². The number of carbonyl (C=O) groups is 2. The molecular formula is C28H45N3O4. The van der Waals surface area contributed by atoms with Crippen LogP contribution in [0.4, 0.5) is 4.79 Å². The number of unbranched alkanes of at least 4 members (excludes halogenated alkanes) is 4. The monoisotopic (exact) mass is 487 g/mol. The largest absolute Gasteiger partial charge is 0.481 e. The molecule has 5 N–H and O–H groups in total. The third-order valence-corrected chi connectivity index (χ3v) is 8.39. The van der Waals surface area contributed by atoms with Gasteiger partial charge in [0.2, 0.25) is 0 Å². The van der Waals surface area contributed by atoms with Crippen LogP contribution in [0, 0.1) is 11.3 Å². The molecule has 0 unspecified atom stereocenters. The minimum absolute atomic E-state index is 0.0799. The van der Waals surface area contributed by atoms with Gasteiger partial charge in [-0.15, -0.1) is 0 Å². The third-order valence-electron chi connectivity index (χ3n) is 8.39. The van der Waals surface area contributed by atoms with Crippen LogP contribution in [0.15, 0.2) is 18.2 Å². The molecule has 3 rings (SSSR count). The Balaban J connectivity index is 1.45. The van der Waals surface area contributed by atoms with Crippen LogP contribution in [0.3, 0.4) is 0 Å². The maximum Gasteiger partial charge on any atom is 0.412 e. The standard InChI is InChI=1S/C28H45N3O4/c1-27-14-8-15-28(2,25(32)33)24(27)13-11-21-10-12-22(20-23(21)27)35-26(34)31-19-9-18-30-17-7-5-3-4-6-16-29/h10,12,20,24,30H,3-9,11,13-19,29H2,1-2H3,(H,31,34)(H,32,33)/t24-,27-,28+/m1/s1. The zero-order chi connectivity index (χ0) is 25.3. The number of amides is 1. The highest BCUT2D eigenvalue weighted by atomic mass is 16.6. The van der Waals surface area contributed by atoms with Gasteiger partial charge in [-0.25, -0.2) is 4.79 Å². The molecule has 2 aliphatic carbocycles. The first-order valence-electron chi connectivity index (χ1n) is 13.5. The van der Waals surface area contributed by atoms with Crippen LogP contribution in [0.2, 0.25) is 0 Å². The Morgan fingerprint density at radius 1 is 1.06 bits per heavy atom. The van der Waals surface area contributed by atoms with Crippen LogP contribution in [0.25, 0.3) is 0 Å². The van der Waals surface area contributed by atoms with Gasteiger partial charge in [0, 0.05) is 6.54 Å². The van der Waals surface area contributed by atoms with E-state index >= 15 is 0 Å². The molecule has 0 heterocycles. The number of carboxylic acid groups (broad SMARTS) is 1. The summed E-state index contributed by atoms with van der Waals surface area (Å²) in [7, 11) is 0. The molecule has 0 spiro atoms. The maximum atomic E-state index is 12.4. The van der Waals surface area contributed by atoms with Crippen molar-refractivity contribution in [3.63, 3.8) is 0 Å². The second-order valence-corrected chi connectivity index (χ2v) is 10.9. The summed E-state index contributed by atoms with van der Waals surface area (Å²) in [5.74, 6) is -0.0876. The lowest BCUT2D eigenvalue weighted by molar-refractivity contribution is -0.157. The number of aryl methyl sites for hydroxylation is 1. The van der Waals surface area contributed by atoms with Crippen molar-refractivity contribution >= 4 is 12.1 Å². The number of nitrogens with two attached hydrogens (primary N) is 1. The van der Waals surface area contributed by atoms with Gasteiger partial charge in [0.25, 0.3) is 0 Å². The lowest BCUT2D eigenvalue weighted by atomic mass is 9.50. The molecule has 1 amide bonds. The molecule has 0 radical (unpaired) electrons. The normalized spacial score (nSPS) is 25.4. The highest BCUT2D eigenvalue weighted by molar-refractivity contribution is 5.75. The van der Waals surface area contributed by atoms with Crippen molar-refractivity contribution in [3.8, 4) is 5.75 Å². The molecule has 196 valence electrons. The van der Waals surface area contributed by atoms with E-state index in [9.17, 15) is 14.7 Å². The summed E-state index contributed by atoms with van der Waals surface area (Å²) in [6.07, 6.45) is 10.7. The first-order chi connectivity index (χ1) is 16.8. The van der Waals surface area contributed by atoms with Gasteiger partial charge < -0.3 is 26.2 Å².